The average Bonchev–Trinajstić information content (AvgIpc) is 2.19. The molecule has 0 bridgehead atoms. The van der Waals surface area contributed by atoms with Gasteiger partial charge in [-0.15, -0.1) is 0 Å². The summed E-state index contributed by atoms with van der Waals surface area (Å²) in [6.45, 7) is 3.56. The van der Waals surface area contributed by atoms with E-state index in [9.17, 15) is 9.00 Å². The average molecular weight is 243 g/mol. The van der Waals surface area contributed by atoms with Crippen molar-refractivity contribution in [2.24, 2.45) is 0 Å². The Morgan fingerprint density at radius 3 is 2.75 bits per heavy atom. The summed E-state index contributed by atoms with van der Waals surface area (Å²) in [4.78, 5) is 11.0. The Morgan fingerprint density at radius 1 is 1.56 bits per heavy atom. The summed E-state index contributed by atoms with van der Waals surface area (Å²) in [6.07, 6.45) is 0. The van der Waals surface area contributed by atoms with Gasteiger partial charge in [0.05, 0.1) is 6.61 Å². The Balaban J connectivity index is 3.06. The molecule has 88 valence electrons. The third kappa shape index (κ3) is 3.32. The molecule has 1 aromatic carbocycles. The molecule has 0 heterocycles. The first-order chi connectivity index (χ1) is 7.54. The number of rotatable bonds is 4. The summed E-state index contributed by atoms with van der Waals surface area (Å²) in [5, 5.41) is 2.53. The predicted octanol–water partition coefficient (Wildman–Crippen LogP) is 1.62. The fourth-order valence-electron chi connectivity index (χ4n) is 1.20. The van der Waals surface area contributed by atoms with Crippen LogP contribution >= 0.6 is 0 Å². The maximum Gasteiger partial charge on any atom is 0.221 e. The van der Waals surface area contributed by atoms with Gasteiger partial charge in [0.25, 0.3) is 0 Å². The molecule has 5 nitrogen and oxygen atoms in total. The number of hydrogen-bond acceptors (Lipinski definition) is 3. The number of carbonyl (C=O) groups is 1. The zero-order chi connectivity index (χ0) is 12.1. The zero-order valence-corrected chi connectivity index (χ0v) is 9.84. The topological polar surface area (TPSA) is 75.6 Å². The second-order valence-corrected chi connectivity index (χ2v) is 3.96. The van der Waals surface area contributed by atoms with Crippen LogP contribution in [0.3, 0.4) is 0 Å². The highest BCUT2D eigenvalue weighted by atomic mass is 32.2. The number of benzene rings is 1. The monoisotopic (exact) mass is 243 g/mol. The molecule has 16 heavy (non-hydrogen) atoms. The molecule has 0 saturated carbocycles. The van der Waals surface area contributed by atoms with Crippen molar-refractivity contribution in [3.63, 3.8) is 0 Å². The molecule has 0 aliphatic carbocycles. The van der Waals surface area contributed by atoms with Crippen molar-refractivity contribution in [3.8, 4) is 5.75 Å². The first-order valence-corrected chi connectivity index (χ1v) is 5.80. The van der Waals surface area contributed by atoms with Crippen LogP contribution < -0.4 is 10.1 Å². The number of amides is 1. The maximum atomic E-state index is 11.1. The lowest BCUT2D eigenvalue weighted by Gasteiger charge is -2.09. The van der Waals surface area contributed by atoms with Crippen LogP contribution in [0.5, 0.6) is 5.75 Å². The summed E-state index contributed by atoms with van der Waals surface area (Å²) in [5.41, 5.74) is 0.466. The second-order valence-electron chi connectivity index (χ2n) is 3.02. The molecular formula is C10H13NO4S. The van der Waals surface area contributed by atoms with Crippen molar-refractivity contribution in [3.05, 3.63) is 18.2 Å². The van der Waals surface area contributed by atoms with Crippen molar-refractivity contribution in [1.82, 2.24) is 0 Å². The van der Waals surface area contributed by atoms with Gasteiger partial charge < -0.3 is 14.6 Å². The zero-order valence-electron chi connectivity index (χ0n) is 9.02. The van der Waals surface area contributed by atoms with Gasteiger partial charge in [-0.25, -0.2) is 4.21 Å². The lowest BCUT2D eigenvalue weighted by molar-refractivity contribution is -0.114. The van der Waals surface area contributed by atoms with Crippen molar-refractivity contribution in [2.45, 2.75) is 18.7 Å². The normalized spacial score (nSPS) is 11.9. The van der Waals surface area contributed by atoms with E-state index in [1.165, 1.54) is 13.0 Å². The van der Waals surface area contributed by atoms with E-state index in [4.69, 9.17) is 9.29 Å². The molecule has 0 aromatic heterocycles. The fourth-order valence-corrected chi connectivity index (χ4v) is 1.73. The molecule has 1 unspecified atom stereocenters. The molecule has 2 N–H and O–H groups in total. The third-order valence-electron chi connectivity index (χ3n) is 1.75. The quantitative estimate of drug-likeness (QED) is 0.788. The number of hydrogen-bond donors (Lipinski definition) is 2. The van der Waals surface area contributed by atoms with Gasteiger partial charge in [0.15, 0.2) is 11.1 Å². The summed E-state index contributed by atoms with van der Waals surface area (Å²) in [5.74, 6) is 0.108. The first-order valence-electron chi connectivity index (χ1n) is 4.70. The van der Waals surface area contributed by atoms with Crippen LogP contribution in [0, 0.1) is 0 Å². The number of nitrogens with one attached hydrogen (secondary N) is 1. The van der Waals surface area contributed by atoms with E-state index in [0.29, 0.717) is 18.0 Å². The molecule has 6 heteroatoms. The van der Waals surface area contributed by atoms with Gasteiger partial charge >= 0.3 is 0 Å². The van der Waals surface area contributed by atoms with Crippen molar-refractivity contribution in [2.75, 3.05) is 11.9 Å². The highest BCUT2D eigenvalue weighted by Gasteiger charge is 2.10. The highest BCUT2D eigenvalue weighted by molar-refractivity contribution is 7.79. The van der Waals surface area contributed by atoms with E-state index >= 15 is 0 Å². The van der Waals surface area contributed by atoms with Crippen molar-refractivity contribution >= 4 is 22.7 Å². The standard InChI is InChI=1S/C10H13NO4S/c1-3-15-9-5-4-8(11-7(2)12)6-10(9)16(13)14/h4-6H,3H2,1-2H3,(H,11,12)(H,13,14). The summed E-state index contributed by atoms with van der Waals surface area (Å²) in [6, 6.07) is 4.59. The van der Waals surface area contributed by atoms with Gasteiger partial charge in [0.2, 0.25) is 5.91 Å². The van der Waals surface area contributed by atoms with Crippen LogP contribution in [0.15, 0.2) is 23.1 Å². The van der Waals surface area contributed by atoms with Crippen LogP contribution in [0.1, 0.15) is 13.8 Å². The van der Waals surface area contributed by atoms with Gasteiger partial charge in [-0.3, -0.25) is 4.79 Å². The molecule has 0 radical (unpaired) electrons. The van der Waals surface area contributed by atoms with Gasteiger partial charge in [0, 0.05) is 12.6 Å². The lowest BCUT2D eigenvalue weighted by atomic mass is 10.3. The Morgan fingerprint density at radius 2 is 2.25 bits per heavy atom. The molecule has 1 rings (SSSR count). The van der Waals surface area contributed by atoms with Gasteiger partial charge in [-0.05, 0) is 25.1 Å². The van der Waals surface area contributed by atoms with E-state index in [1.807, 2.05) is 0 Å². The molecular weight excluding hydrogens is 230 g/mol. The SMILES string of the molecule is CCOc1ccc(NC(C)=O)cc1S(=O)O. The molecule has 1 aromatic rings. The molecule has 0 fully saturated rings. The van der Waals surface area contributed by atoms with Crippen LogP contribution in [0.25, 0.3) is 0 Å². The minimum Gasteiger partial charge on any atom is -0.493 e. The molecule has 0 aliphatic rings. The lowest BCUT2D eigenvalue weighted by Crippen LogP contribution is -2.07. The Kier molecular flexibility index (Phi) is 4.45. The second kappa shape index (κ2) is 5.62. The fraction of sp³-hybridized carbons (Fsp3) is 0.300. The highest BCUT2D eigenvalue weighted by Crippen LogP contribution is 2.25. The molecule has 0 saturated heterocycles. The maximum absolute atomic E-state index is 11.1. The Bertz CT molecular complexity index is 419. The summed E-state index contributed by atoms with van der Waals surface area (Å²) < 4.78 is 25.3. The van der Waals surface area contributed by atoms with E-state index in [2.05, 4.69) is 5.32 Å². The predicted molar refractivity (Wildman–Crippen MR) is 61.0 cm³/mol. The van der Waals surface area contributed by atoms with Gasteiger partial charge in [-0.2, -0.15) is 0 Å². The van der Waals surface area contributed by atoms with Crippen LogP contribution in [-0.2, 0) is 15.9 Å². The van der Waals surface area contributed by atoms with Crippen LogP contribution in [-0.4, -0.2) is 21.3 Å². The minimum absolute atomic E-state index is 0.146. The summed E-state index contributed by atoms with van der Waals surface area (Å²) >= 11 is -2.14. The minimum atomic E-state index is -2.14. The largest absolute Gasteiger partial charge is 0.493 e. The van der Waals surface area contributed by atoms with Crippen molar-refractivity contribution in [1.29, 1.82) is 0 Å². The van der Waals surface area contributed by atoms with Crippen molar-refractivity contribution < 1.29 is 18.3 Å². The van der Waals surface area contributed by atoms with Gasteiger partial charge in [-0.1, -0.05) is 0 Å². The Labute approximate surface area is 96.1 Å². The summed E-state index contributed by atoms with van der Waals surface area (Å²) in [7, 11) is 0. The van der Waals surface area contributed by atoms with Crippen LogP contribution in [0.4, 0.5) is 5.69 Å². The molecule has 1 atom stereocenters. The van der Waals surface area contributed by atoms with E-state index < -0.39 is 11.1 Å². The van der Waals surface area contributed by atoms with Gasteiger partial charge in [0.1, 0.15) is 10.6 Å². The van der Waals surface area contributed by atoms with E-state index in [0.717, 1.165) is 0 Å². The first kappa shape index (κ1) is 12.7. The third-order valence-corrected chi connectivity index (χ3v) is 2.45. The molecule has 0 spiro atoms. The molecule has 0 aliphatic heterocycles. The number of ether oxygens (including phenoxy) is 1. The Hall–Kier alpha value is -1.40. The van der Waals surface area contributed by atoms with Crippen LogP contribution in [0.2, 0.25) is 0 Å². The number of anilines is 1. The number of carbonyl (C=O) groups excluding carboxylic acids is 1. The smallest absolute Gasteiger partial charge is 0.221 e. The van der Waals surface area contributed by atoms with E-state index in [-0.39, 0.29) is 10.8 Å². The molecule has 1 amide bonds. The van der Waals surface area contributed by atoms with E-state index in [1.54, 1.807) is 19.1 Å².